The van der Waals surface area contributed by atoms with E-state index in [-0.39, 0.29) is 0 Å². The lowest BCUT2D eigenvalue weighted by Gasteiger charge is -2.18. The highest BCUT2D eigenvalue weighted by atomic mass is 31.2. The minimum absolute atomic E-state index is 0.561. The summed E-state index contributed by atoms with van der Waals surface area (Å²) in [6.07, 6.45) is 1.61. The van der Waals surface area contributed by atoms with Crippen molar-refractivity contribution in [3.8, 4) is 5.75 Å². The van der Waals surface area contributed by atoms with E-state index >= 15 is 0 Å². The van der Waals surface area contributed by atoms with Crippen LogP contribution in [0.1, 0.15) is 0 Å². The van der Waals surface area contributed by atoms with Crippen LogP contribution in [0.15, 0.2) is 79.0 Å². The lowest BCUT2D eigenvalue weighted by atomic mass is 10.4. The number of hydrogen-bond donors (Lipinski definition) is 0. The number of rotatable bonds is 4. The molecule has 2 aromatic carbocycles. The predicted octanol–water partition coefficient (Wildman–Crippen LogP) is 2.73. The van der Waals surface area contributed by atoms with Crippen molar-refractivity contribution < 1.29 is 9.30 Å². The summed E-state index contributed by atoms with van der Waals surface area (Å²) in [5, 5.41) is 1.55. The van der Waals surface area contributed by atoms with E-state index in [1.54, 1.807) is 25.4 Å². The number of nitrogens with zero attached hydrogens (tertiary/aromatic N) is 1. The Labute approximate surface area is 130 Å². The molecule has 0 aliphatic carbocycles. The van der Waals surface area contributed by atoms with E-state index in [2.05, 4.69) is 4.98 Å². The SMILES string of the molecule is COc1ccc(P(=O)(c2ccccc2)c2ccccc2)nc1. The average Bonchev–Trinajstić information content (AvgIpc) is 2.62. The fourth-order valence-electron chi connectivity index (χ4n) is 2.37. The first-order valence-electron chi connectivity index (χ1n) is 6.97. The van der Waals surface area contributed by atoms with Crippen molar-refractivity contribution in [2.45, 2.75) is 0 Å². The Morgan fingerprint density at radius 2 is 1.36 bits per heavy atom. The maximum atomic E-state index is 13.9. The molecular weight excluding hydrogens is 293 g/mol. The van der Waals surface area contributed by atoms with Gasteiger partial charge in [0.15, 0.2) is 7.14 Å². The molecule has 0 radical (unpaired) electrons. The van der Waals surface area contributed by atoms with Gasteiger partial charge in [0.25, 0.3) is 0 Å². The number of ether oxygens (including phenoxy) is 1. The van der Waals surface area contributed by atoms with Crippen LogP contribution >= 0.6 is 7.14 Å². The van der Waals surface area contributed by atoms with E-state index in [0.717, 1.165) is 10.6 Å². The molecule has 110 valence electrons. The van der Waals surface area contributed by atoms with Gasteiger partial charge in [-0.1, -0.05) is 60.7 Å². The van der Waals surface area contributed by atoms with E-state index in [1.807, 2.05) is 60.7 Å². The van der Waals surface area contributed by atoms with Gasteiger partial charge in [-0.25, -0.2) is 4.98 Å². The second kappa shape index (κ2) is 6.17. The van der Waals surface area contributed by atoms with Gasteiger partial charge in [0.05, 0.1) is 13.3 Å². The molecule has 0 saturated carbocycles. The lowest BCUT2D eigenvalue weighted by molar-refractivity contribution is 0.413. The molecule has 4 heteroatoms. The van der Waals surface area contributed by atoms with Gasteiger partial charge in [0, 0.05) is 10.6 Å². The van der Waals surface area contributed by atoms with Crippen molar-refractivity contribution in [3.63, 3.8) is 0 Å². The van der Waals surface area contributed by atoms with Crippen LogP contribution in [-0.2, 0) is 4.57 Å². The summed E-state index contributed by atoms with van der Waals surface area (Å²) in [6, 6.07) is 22.5. The fraction of sp³-hybridized carbons (Fsp3) is 0.0556. The molecule has 0 aliphatic rings. The highest BCUT2D eigenvalue weighted by Crippen LogP contribution is 2.41. The molecule has 0 amide bonds. The highest BCUT2D eigenvalue weighted by Gasteiger charge is 2.30. The number of benzene rings is 2. The summed E-state index contributed by atoms with van der Waals surface area (Å²) >= 11 is 0. The Morgan fingerprint density at radius 1 is 0.818 bits per heavy atom. The third kappa shape index (κ3) is 2.56. The van der Waals surface area contributed by atoms with Crippen LogP contribution < -0.4 is 20.8 Å². The van der Waals surface area contributed by atoms with E-state index in [1.165, 1.54) is 0 Å². The summed E-state index contributed by atoms with van der Waals surface area (Å²) in [4.78, 5) is 4.39. The quantitative estimate of drug-likeness (QED) is 0.696. The first-order chi connectivity index (χ1) is 10.7. The number of hydrogen-bond acceptors (Lipinski definition) is 3. The van der Waals surface area contributed by atoms with Crippen molar-refractivity contribution in [2.75, 3.05) is 7.11 Å². The summed E-state index contributed by atoms with van der Waals surface area (Å²) in [5.74, 6) is 0.649. The highest BCUT2D eigenvalue weighted by molar-refractivity contribution is 7.85. The van der Waals surface area contributed by atoms with Crippen molar-refractivity contribution in [1.29, 1.82) is 0 Å². The molecule has 0 fully saturated rings. The third-order valence-corrected chi connectivity index (χ3v) is 6.48. The molecule has 3 nitrogen and oxygen atoms in total. The van der Waals surface area contributed by atoms with Gasteiger partial charge < -0.3 is 9.30 Å². The lowest BCUT2D eigenvalue weighted by Crippen LogP contribution is -2.26. The van der Waals surface area contributed by atoms with E-state index in [0.29, 0.717) is 11.2 Å². The summed E-state index contributed by atoms with van der Waals surface area (Å²) in [6.45, 7) is 0. The molecule has 0 atom stereocenters. The van der Waals surface area contributed by atoms with E-state index in [4.69, 9.17) is 4.74 Å². The third-order valence-electron chi connectivity index (χ3n) is 3.52. The molecule has 3 rings (SSSR count). The smallest absolute Gasteiger partial charge is 0.188 e. The van der Waals surface area contributed by atoms with E-state index in [9.17, 15) is 4.57 Å². The maximum Gasteiger partial charge on any atom is 0.188 e. The Balaban J connectivity index is 2.21. The Bertz CT molecular complexity index is 743. The Hall–Kier alpha value is -2.38. The number of methoxy groups -OCH3 is 1. The molecule has 22 heavy (non-hydrogen) atoms. The van der Waals surface area contributed by atoms with Crippen LogP contribution in [0.4, 0.5) is 0 Å². The summed E-state index contributed by atoms with van der Waals surface area (Å²) in [5.41, 5.74) is 0.561. The van der Waals surface area contributed by atoms with Crippen molar-refractivity contribution in [3.05, 3.63) is 79.0 Å². The normalized spacial score (nSPS) is 11.1. The summed E-state index contributed by atoms with van der Waals surface area (Å²) in [7, 11) is -1.39. The number of aromatic nitrogens is 1. The zero-order chi connectivity index (χ0) is 15.4. The van der Waals surface area contributed by atoms with Gasteiger partial charge in [0.2, 0.25) is 0 Å². The first kappa shape index (κ1) is 14.6. The van der Waals surface area contributed by atoms with Crippen LogP contribution in [0, 0.1) is 0 Å². The molecule has 0 N–H and O–H groups in total. The fourth-order valence-corrected chi connectivity index (χ4v) is 4.88. The molecule has 1 heterocycles. The van der Waals surface area contributed by atoms with Gasteiger partial charge in [-0.3, -0.25) is 0 Å². The molecule has 0 saturated heterocycles. The van der Waals surface area contributed by atoms with Crippen molar-refractivity contribution in [2.24, 2.45) is 0 Å². The van der Waals surface area contributed by atoms with Crippen LogP contribution in [0.3, 0.4) is 0 Å². The van der Waals surface area contributed by atoms with Crippen LogP contribution in [0.25, 0.3) is 0 Å². The second-order valence-electron chi connectivity index (χ2n) is 4.84. The molecule has 3 aromatic rings. The Kier molecular flexibility index (Phi) is 4.08. The van der Waals surface area contributed by atoms with Crippen LogP contribution in [0.2, 0.25) is 0 Å². The molecule has 0 unspecified atom stereocenters. The van der Waals surface area contributed by atoms with Crippen LogP contribution in [0.5, 0.6) is 5.75 Å². The number of pyridine rings is 1. The van der Waals surface area contributed by atoms with Gasteiger partial charge in [-0.2, -0.15) is 0 Å². The first-order valence-corrected chi connectivity index (χ1v) is 8.68. The predicted molar refractivity (Wildman–Crippen MR) is 90.2 cm³/mol. The molecule has 0 spiro atoms. The molecular formula is C18H16NO2P. The van der Waals surface area contributed by atoms with Gasteiger partial charge in [-0.15, -0.1) is 0 Å². The van der Waals surface area contributed by atoms with Gasteiger partial charge in [-0.05, 0) is 12.1 Å². The topological polar surface area (TPSA) is 39.2 Å². The van der Waals surface area contributed by atoms with E-state index < -0.39 is 7.14 Å². The average molecular weight is 309 g/mol. The Morgan fingerprint density at radius 3 is 1.77 bits per heavy atom. The second-order valence-corrected chi connectivity index (χ2v) is 7.55. The largest absolute Gasteiger partial charge is 0.495 e. The van der Waals surface area contributed by atoms with Gasteiger partial charge >= 0.3 is 0 Å². The summed E-state index contributed by atoms with van der Waals surface area (Å²) < 4.78 is 19.1. The van der Waals surface area contributed by atoms with Crippen molar-refractivity contribution in [1.82, 2.24) is 4.98 Å². The molecule has 1 aromatic heterocycles. The molecule has 0 bridgehead atoms. The van der Waals surface area contributed by atoms with Crippen molar-refractivity contribution >= 4 is 23.2 Å². The minimum atomic E-state index is -2.97. The van der Waals surface area contributed by atoms with Crippen LogP contribution in [-0.4, -0.2) is 12.1 Å². The maximum absolute atomic E-state index is 13.9. The zero-order valence-corrected chi connectivity index (χ0v) is 13.1. The standard InChI is InChI=1S/C18H16NO2P/c1-21-15-12-13-18(19-14-15)22(20,16-8-4-2-5-9-16)17-10-6-3-7-11-17/h2-14H,1H3. The zero-order valence-electron chi connectivity index (χ0n) is 12.2. The van der Waals surface area contributed by atoms with Gasteiger partial charge in [0.1, 0.15) is 11.2 Å². The minimum Gasteiger partial charge on any atom is -0.495 e. The monoisotopic (exact) mass is 309 g/mol. The molecule has 0 aliphatic heterocycles.